The maximum atomic E-state index is 10.9. The summed E-state index contributed by atoms with van der Waals surface area (Å²) in [7, 11) is 0. The quantitative estimate of drug-likeness (QED) is 0.466. The Morgan fingerprint density at radius 1 is 1.83 bits per heavy atom. The molecule has 0 radical (unpaired) electrons. The molecule has 0 saturated heterocycles. The number of ether oxygens (including phenoxy) is 1. The number of hydrogen-bond acceptors (Lipinski definition) is 1. The highest BCUT2D eigenvalue weighted by molar-refractivity contribution is 4.55. The Balaban J connectivity index is 2.66. The molecule has 0 aromatic heterocycles. The molecule has 36 valence electrons. The Kier molecular flexibility index (Phi) is 4.08. The molecular formula is C4H7FO. The van der Waals surface area contributed by atoms with Crippen LogP contribution in [0, 0.1) is 0 Å². The maximum Gasteiger partial charge on any atom is 0.121 e. The van der Waals surface area contributed by atoms with Crippen molar-refractivity contribution in [3.63, 3.8) is 0 Å². The van der Waals surface area contributed by atoms with Gasteiger partial charge in [0.15, 0.2) is 0 Å². The molecule has 0 amide bonds. The third kappa shape index (κ3) is 3.47. The topological polar surface area (TPSA) is 9.23 Å². The third-order valence-electron chi connectivity index (χ3n) is 0.314. The highest BCUT2D eigenvalue weighted by atomic mass is 19.1. The molecule has 0 aliphatic carbocycles. The Hall–Kier alpha value is -0.530. The van der Waals surface area contributed by atoms with Gasteiger partial charge < -0.3 is 4.74 Å². The van der Waals surface area contributed by atoms with Crippen molar-refractivity contribution < 1.29 is 9.13 Å². The second-order valence-corrected chi connectivity index (χ2v) is 0.717. The van der Waals surface area contributed by atoms with Crippen LogP contribution in [-0.2, 0) is 4.74 Å². The van der Waals surface area contributed by atoms with Crippen molar-refractivity contribution in [2.75, 3.05) is 6.61 Å². The first-order valence-corrected chi connectivity index (χ1v) is 1.78. The molecule has 0 atom stereocenters. The lowest BCUT2D eigenvalue weighted by Crippen LogP contribution is -1.73. The van der Waals surface area contributed by atoms with Gasteiger partial charge in [0.2, 0.25) is 0 Å². The molecule has 0 saturated carbocycles. The van der Waals surface area contributed by atoms with E-state index in [-0.39, 0.29) is 0 Å². The van der Waals surface area contributed by atoms with Crippen molar-refractivity contribution in [1.82, 2.24) is 0 Å². The molecule has 0 rings (SSSR count). The summed E-state index contributed by atoms with van der Waals surface area (Å²) in [6.45, 7) is 2.32. The van der Waals surface area contributed by atoms with E-state index >= 15 is 0 Å². The summed E-state index contributed by atoms with van der Waals surface area (Å²) in [4.78, 5) is 0. The second kappa shape index (κ2) is 4.47. The van der Waals surface area contributed by atoms with Crippen LogP contribution in [0.15, 0.2) is 12.6 Å². The van der Waals surface area contributed by atoms with Crippen molar-refractivity contribution >= 4 is 0 Å². The zero-order valence-electron chi connectivity index (χ0n) is 3.65. The van der Waals surface area contributed by atoms with E-state index in [9.17, 15) is 4.39 Å². The van der Waals surface area contributed by atoms with Crippen LogP contribution in [0.3, 0.4) is 0 Å². The van der Waals surface area contributed by atoms with E-state index in [1.165, 1.54) is 0 Å². The molecule has 0 aliphatic heterocycles. The predicted octanol–water partition coefficient (Wildman–Crippen LogP) is 1.46. The van der Waals surface area contributed by atoms with Crippen LogP contribution in [0.2, 0.25) is 0 Å². The maximum absolute atomic E-state index is 10.9. The molecule has 0 aliphatic rings. The van der Waals surface area contributed by atoms with Crippen molar-refractivity contribution in [2.24, 2.45) is 0 Å². The molecule has 0 bridgehead atoms. The summed E-state index contributed by atoms with van der Waals surface area (Å²) in [5.74, 6) is 0. The van der Waals surface area contributed by atoms with Crippen LogP contribution >= 0.6 is 0 Å². The van der Waals surface area contributed by atoms with Crippen molar-refractivity contribution in [3.8, 4) is 0 Å². The molecule has 0 N–H and O–H groups in total. The highest BCUT2D eigenvalue weighted by Crippen LogP contribution is 1.74. The summed E-state index contributed by atoms with van der Waals surface area (Å²) in [6.07, 6.45) is 1.38. The van der Waals surface area contributed by atoms with Crippen LogP contribution in [0.5, 0.6) is 0 Å². The minimum absolute atomic E-state index is 0.365. The van der Waals surface area contributed by atoms with Gasteiger partial charge in [-0.3, -0.25) is 0 Å². The average molecular weight is 90.1 g/mol. The van der Waals surface area contributed by atoms with E-state index in [0.29, 0.717) is 12.9 Å². The van der Waals surface area contributed by atoms with Gasteiger partial charge in [0.05, 0.1) is 6.61 Å². The molecule has 0 aromatic rings. The minimum atomic E-state index is 0.365. The molecule has 0 heterocycles. The van der Waals surface area contributed by atoms with Crippen molar-refractivity contribution in [3.05, 3.63) is 12.6 Å². The van der Waals surface area contributed by atoms with E-state index in [0.717, 1.165) is 6.26 Å². The van der Waals surface area contributed by atoms with Gasteiger partial charge in [0, 0.05) is 0 Å². The normalized spacial score (nSPS) is 9.67. The highest BCUT2D eigenvalue weighted by Gasteiger charge is 1.62. The number of hydrogen-bond donors (Lipinski definition) is 0. The molecule has 0 aromatic carbocycles. The SMILES string of the molecule is CCO/C=C/F. The van der Waals surface area contributed by atoms with E-state index in [1.54, 1.807) is 6.92 Å². The summed E-state index contributed by atoms with van der Waals surface area (Å²) >= 11 is 0. The van der Waals surface area contributed by atoms with Crippen LogP contribution in [0.1, 0.15) is 6.92 Å². The monoisotopic (exact) mass is 90.0 g/mol. The predicted molar refractivity (Wildman–Crippen MR) is 21.9 cm³/mol. The fraction of sp³-hybridized carbons (Fsp3) is 0.500. The number of rotatable bonds is 2. The van der Waals surface area contributed by atoms with Crippen LogP contribution in [-0.4, -0.2) is 6.61 Å². The zero-order chi connectivity index (χ0) is 4.83. The van der Waals surface area contributed by atoms with E-state index < -0.39 is 0 Å². The summed E-state index contributed by atoms with van der Waals surface area (Å²) in [5.41, 5.74) is 0. The molecule has 1 nitrogen and oxygen atoms in total. The summed E-state index contributed by atoms with van der Waals surface area (Å²) < 4.78 is 15.3. The van der Waals surface area contributed by atoms with Crippen LogP contribution in [0.4, 0.5) is 4.39 Å². The van der Waals surface area contributed by atoms with Gasteiger partial charge in [0.1, 0.15) is 12.6 Å². The fourth-order valence-corrected chi connectivity index (χ4v) is 0.133. The average Bonchev–Trinajstić information content (AvgIpc) is 1.61. The Labute approximate surface area is 36.4 Å². The lowest BCUT2D eigenvalue weighted by molar-refractivity contribution is 0.264. The minimum Gasteiger partial charge on any atom is -0.499 e. The summed E-state index contributed by atoms with van der Waals surface area (Å²) in [6, 6.07) is 0. The lowest BCUT2D eigenvalue weighted by atomic mass is 10.9. The molecular weight excluding hydrogens is 83.0 g/mol. The molecule has 0 fully saturated rings. The first kappa shape index (κ1) is 5.47. The van der Waals surface area contributed by atoms with Gasteiger partial charge in [-0.1, -0.05) is 0 Å². The smallest absolute Gasteiger partial charge is 0.121 e. The lowest BCUT2D eigenvalue weighted by Gasteiger charge is -1.85. The van der Waals surface area contributed by atoms with Gasteiger partial charge in [-0.15, -0.1) is 0 Å². The molecule has 0 unspecified atom stereocenters. The van der Waals surface area contributed by atoms with Gasteiger partial charge in [-0.05, 0) is 6.92 Å². The summed E-state index contributed by atoms with van der Waals surface area (Å²) in [5, 5.41) is 0. The second-order valence-electron chi connectivity index (χ2n) is 0.717. The number of halogens is 1. The molecule has 6 heavy (non-hydrogen) atoms. The zero-order valence-corrected chi connectivity index (χ0v) is 3.65. The fourth-order valence-electron chi connectivity index (χ4n) is 0.133. The van der Waals surface area contributed by atoms with E-state index in [4.69, 9.17) is 0 Å². The largest absolute Gasteiger partial charge is 0.499 e. The first-order chi connectivity index (χ1) is 2.91. The van der Waals surface area contributed by atoms with Gasteiger partial charge in [-0.2, -0.15) is 0 Å². The first-order valence-electron chi connectivity index (χ1n) is 1.78. The van der Waals surface area contributed by atoms with Gasteiger partial charge in [-0.25, -0.2) is 4.39 Å². The Bertz CT molecular complexity index is 42.8. The van der Waals surface area contributed by atoms with Gasteiger partial charge in [0.25, 0.3) is 0 Å². The molecule has 0 spiro atoms. The standard InChI is InChI=1S/C4H7FO/c1-2-6-4-3-5/h3-4H,2H2,1H3/b4-3+. The third-order valence-corrected chi connectivity index (χ3v) is 0.314. The van der Waals surface area contributed by atoms with Crippen LogP contribution < -0.4 is 0 Å². The van der Waals surface area contributed by atoms with Crippen molar-refractivity contribution in [1.29, 1.82) is 0 Å². The Morgan fingerprint density at radius 2 is 2.50 bits per heavy atom. The van der Waals surface area contributed by atoms with Crippen molar-refractivity contribution in [2.45, 2.75) is 6.92 Å². The van der Waals surface area contributed by atoms with E-state index in [2.05, 4.69) is 4.74 Å². The van der Waals surface area contributed by atoms with E-state index in [1.807, 2.05) is 0 Å². The van der Waals surface area contributed by atoms with Gasteiger partial charge >= 0.3 is 0 Å². The Morgan fingerprint density at radius 3 is 2.67 bits per heavy atom. The van der Waals surface area contributed by atoms with Crippen LogP contribution in [0.25, 0.3) is 0 Å². The molecule has 2 heteroatoms.